The number of carbonyl (C=O) groups excluding carboxylic acids is 4. The molecule has 2 aromatic carbocycles. The van der Waals surface area contributed by atoms with Gasteiger partial charge in [-0.1, -0.05) is 48.0 Å². The van der Waals surface area contributed by atoms with Crippen LogP contribution >= 0.6 is 22.9 Å². The summed E-state index contributed by atoms with van der Waals surface area (Å²) in [5, 5.41) is 4.76. The Labute approximate surface area is 205 Å². The first-order valence-electron chi connectivity index (χ1n) is 10.6. The molecule has 0 saturated carbocycles. The number of rotatable bonds is 7. The van der Waals surface area contributed by atoms with Crippen LogP contribution in [-0.4, -0.2) is 47.7 Å². The van der Waals surface area contributed by atoms with Gasteiger partial charge in [-0.2, -0.15) is 0 Å². The predicted molar refractivity (Wildman–Crippen MR) is 129 cm³/mol. The quantitative estimate of drug-likeness (QED) is 0.386. The van der Waals surface area contributed by atoms with E-state index in [9.17, 15) is 19.2 Å². The van der Waals surface area contributed by atoms with Gasteiger partial charge in [-0.25, -0.2) is 4.79 Å². The maximum absolute atomic E-state index is 12.9. The monoisotopic (exact) mass is 496 g/mol. The van der Waals surface area contributed by atoms with Crippen LogP contribution in [0.2, 0.25) is 5.02 Å². The summed E-state index contributed by atoms with van der Waals surface area (Å²) in [6, 6.07) is 15.9. The zero-order valence-electron chi connectivity index (χ0n) is 18.0. The second-order valence-electron chi connectivity index (χ2n) is 7.67. The highest BCUT2D eigenvalue weighted by Crippen LogP contribution is 2.25. The van der Waals surface area contributed by atoms with Gasteiger partial charge in [0.25, 0.3) is 11.8 Å². The van der Waals surface area contributed by atoms with Gasteiger partial charge in [-0.3, -0.25) is 14.4 Å². The highest BCUT2D eigenvalue weighted by Gasteiger charge is 2.36. The molecule has 3 aromatic rings. The Hall–Kier alpha value is -3.49. The Balaban J connectivity index is 1.39. The van der Waals surface area contributed by atoms with Crippen LogP contribution in [0.4, 0.5) is 5.69 Å². The van der Waals surface area contributed by atoms with Crippen molar-refractivity contribution in [3.63, 3.8) is 0 Å². The number of likely N-dealkylation sites (tertiary alicyclic amines) is 1. The van der Waals surface area contributed by atoms with Gasteiger partial charge in [0.15, 0.2) is 12.4 Å². The first kappa shape index (κ1) is 23.7. The average Bonchev–Trinajstić information content (AvgIpc) is 3.56. The number of ether oxygens (including phenoxy) is 1. The molecule has 174 valence electrons. The number of thiophene rings is 1. The van der Waals surface area contributed by atoms with Crippen LogP contribution in [0.5, 0.6) is 0 Å². The lowest BCUT2D eigenvalue weighted by Gasteiger charge is -2.22. The Kier molecular flexibility index (Phi) is 7.40. The fraction of sp³-hybridized carbons (Fsp3) is 0.200. The van der Waals surface area contributed by atoms with Gasteiger partial charge in [0.2, 0.25) is 0 Å². The fourth-order valence-corrected chi connectivity index (χ4v) is 4.63. The van der Waals surface area contributed by atoms with E-state index in [2.05, 4.69) is 5.32 Å². The maximum atomic E-state index is 12.9. The van der Waals surface area contributed by atoms with Gasteiger partial charge < -0.3 is 15.0 Å². The van der Waals surface area contributed by atoms with Crippen LogP contribution in [0.15, 0.2) is 66.0 Å². The summed E-state index contributed by atoms with van der Waals surface area (Å²) in [4.78, 5) is 52.7. The lowest BCUT2D eigenvalue weighted by atomic mass is 10.0. The largest absolute Gasteiger partial charge is 0.454 e. The zero-order chi connectivity index (χ0) is 24.1. The van der Waals surface area contributed by atoms with Gasteiger partial charge in [0, 0.05) is 22.7 Å². The molecule has 1 N–H and O–H groups in total. The standard InChI is InChI=1S/C25H21ClN2O5S/c26-17-10-11-19(18(14-17)23(30)16-6-2-1-3-7-16)27-22(29)15-33-25(32)20-8-4-12-28(20)24(31)21-9-5-13-34-21/h1-3,5-7,9-11,13-14,20H,4,8,12,15H2,(H,27,29). The van der Waals surface area contributed by atoms with Crippen molar-refractivity contribution in [2.24, 2.45) is 0 Å². The maximum Gasteiger partial charge on any atom is 0.329 e. The Bertz CT molecular complexity index is 1210. The number of nitrogens with zero attached hydrogens (tertiary/aromatic N) is 1. The van der Waals surface area contributed by atoms with Crippen molar-refractivity contribution in [2.75, 3.05) is 18.5 Å². The molecule has 1 saturated heterocycles. The van der Waals surface area contributed by atoms with E-state index in [0.29, 0.717) is 34.8 Å². The van der Waals surface area contributed by atoms with Crippen LogP contribution in [0.1, 0.15) is 38.4 Å². The van der Waals surface area contributed by atoms with Crippen LogP contribution in [0, 0.1) is 0 Å². The number of hydrogen-bond acceptors (Lipinski definition) is 6. The first-order valence-corrected chi connectivity index (χ1v) is 11.9. The molecule has 1 aliphatic heterocycles. The average molecular weight is 497 g/mol. The van der Waals surface area contributed by atoms with Gasteiger partial charge in [0.1, 0.15) is 6.04 Å². The van der Waals surface area contributed by atoms with Crippen LogP contribution in [0.25, 0.3) is 0 Å². The number of nitrogens with one attached hydrogen (secondary N) is 1. The molecule has 1 fully saturated rings. The van der Waals surface area contributed by atoms with E-state index in [1.165, 1.54) is 28.4 Å². The van der Waals surface area contributed by atoms with E-state index < -0.39 is 24.5 Å². The van der Waals surface area contributed by atoms with Crippen LogP contribution in [0.3, 0.4) is 0 Å². The normalized spacial score (nSPS) is 15.1. The van der Waals surface area contributed by atoms with Crippen molar-refractivity contribution in [3.05, 3.63) is 87.1 Å². The van der Waals surface area contributed by atoms with Crippen molar-refractivity contribution >= 4 is 52.2 Å². The molecule has 1 atom stereocenters. The summed E-state index contributed by atoms with van der Waals surface area (Å²) >= 11 is 7.38. The minimum atomic E-state index is -0.729. The van der Waals surface area contributed by atoms with Crippen molar-refractivity contribution in [1.29, 1.82) is 0 Å². The number of esters is 1. The van der Waals surface area contributed by atoms with Gasteiger partial charge in [0.05, 0.1) is 10.6 Å². The highest BCUT2D eigenvalue weighted by atomic mass is 35.5. The number of halogens is 1. The Morgan fingerprint density at radius 1 is 1.06 bits per heavy atom. The molecule has 0 spiro atoms. The third-order valence-electron chi connectivity index (χ3n) is 5.40. The number of carbonyl (C=O) groups is 4. The molecule has 7 nitrogen and oxygen atoms in total. The van der Waals surface area contributed by atoms with E-state index >= 15 is 0 Å². The lowest BCUT2D eigenvalue weighted by molar-refractivity contribution is -0.151. The molecule has 0 radical (unpaired) electrons. The second kappa shape index (κ2) is 10.6. The van der Waals surface area contributed by atoms with E-state index in [4.69, 9.17) is 16.3 Å². The number of hydrogen-bond donors (Lipinski definition) is 1. The summed E-state index contributed by atoms with van der Waals surface area (Å²) in [6.45, 7) is -0.0869. The molecule has 9 heteroatoms. The molecule has 2 heterocycles. The lowest BCUT2D eigenvalue weighted by Crippen LogP contribution is -2.41. The van der Waals surface area contributed by atoms with E-state index in [1.807, 2.05) is 0 Å². The Morgan fingerprint density at radius 3 is 2.59 bits per heavy atom. The first-order chi connectivity index (χ1) is 16.4. The SMILES string of the molecule is O=C(COC(=O)C1CCCN1C(=O)c1cccs1)Nc1ccc(Cl)cc1C(=O)c1ccccc1. The summed E-state index contributed by atoms with van der Waals surface area (Å²) in [6.07, 6.45) is 1.16. The highest BCUT2D eigenvalue weighted by molar-refractivity contribution is 7.12. The van der Waals surface area contributed by atoms with Crippen molar-refractivity contribution in [2.45, 2.75) is 18.9 Å². The molecule has 0 bridgehead atoms. The molecule has 1 aromatic heterocycles. The van der Waals surface area contributed by atoms with Crippen LogP contribution in [-0.2, 0) is 14.3 Å². The van der Waals surface area contributed by atoms with Crippen molar-refractivity contribution < 1.29 is 23.9 Å². The second-order valence-corrected chi connectivity index (χ2v) is 9.06. The molecule has 4 rings (SSSR count). The fourth-order valence-electron chi connectivity index (χ4n) is 3.77. The Morgan fingerprint density at radius 2 is 1.85 bits per heavy atom. The van der Waals surface area contributed by atoms with Crippen molar-refractivity contribution in [3.8, 4) is 0 Å². The third-order valence-corrected chi connectivity index (χ3v) is 6.49. The summed E-state index contributed by atoms with van der Waals surface area (Å²) in [7, 11) is 0. The van der Waals surface area contributed by atoms with Gasteiger partial charge in [-0.15, -0.1) is 11.3 Å². The van der Waals surface area contributed by atoms with E-state index in [0.717, 1.165) is 0 Å². The van der Waals surface area contributed by atoms with E-state index in [-0.39, 0.29) is 22.9 Å². The number of ketones is 1. The number of amides is 2. The summed E-state index contributed by atoms with van der Waals surface area (Å²) in [5.74, 6) is -1.76. The molecular weight excluding hydrogens is 476 g/mol. The third kappa shape index (κ3) is 5.35. The zero-order valence-corrected chi connectivity index (χ0v) is 19.6. The van der Waals surface area contributed by atoms with Gasteiger partial charge in [-0.05, 0) is 42.5 Å². The molecule has 34 heavy (non-hydrogen) atoms. The summed E-state index contributed by atoms with van der Waals surface area (Å²) < 4.78 is 5.21. The molecule has 2 amide bonds. The minimum absolute atomic E-state index is 0.218. The molecular formula is C25H21ClN2O5S. The molecule has 0 aliphatic carbocycles. The topological polar surface area (TPSA) is 92.8 Å². The predicted octanol–water partition coefficient (Wildman–Crippen LogP) is 4.42. The smallest absolute Gasteiger partial charge is 0.329 e. The minimum Gasteiger partial charge on any atom is -0.454 e. The van der Waals surface area contributed by atoms with Crippen LogP contribution < -0.4 is 5.32 Å². The summed E-state index contributed by atoms with van der Waals surface area (Å²) in [5.41, 5.74) is 0.931. The number of anilines is 1. The van der Waals surface area contributed by atoms with E-state index in [1.54, 1.807) is 53.9 Å². The molecule has 1 aliphatic rings. The van der Waals surface area contributed by atoms with Crippen molar-refractivity contribution in [1.82, 2.24) is 4.90 Å². The van der Waals surface area contributed by atoms with Gasteiger partial charge >= 0.3 is 5.97 Å². The molecule has 1 unspecified atom stereocenters. The number of benzene rings is 2.